The number of halogens is 3. The maximum atomic E-state index is 14.6. The van der Waals surface area contributed by atoms with Crippen LogP contribution >= 0.6 is 23.2 Å². The summed E-state index contributed by atoms with van der Waals surface area (Å²) in [5, 5.41) is 17.7. The fourth-order valence-electron chi connectivity index (χ4n) is 4.72. The average molecular weight is 618 g/mol. The standard InChI is InChI=1S/C29H22Cl2FN9O2/c30-17-6-10-24(41-15-33-39-40-41)16(13-17)5-11-25(42)36-23-14-18-7-8-20(32)22(34-18)9-12-26(43)35-21-4-2-1-3-19(21)27-28(31)38-29(23)37-27/h1-8,10-11,13,15,23H,9,12,14H2,(H,35,43)(H,36,42)(H,37,38). The number of aromatic amines is 1. The number of imidazole rings is 1. The van der Waals surface area contributed by atoms with Crippen LogP contribution in [0, 0.1) is 5.82 Å². The highest BCUT2D eigenvalue weighted by Gasteiger charge is 2.24. The lowest BCUT2D eigenvalue weighted by molar-refractivity contribution is -0.117. The van der Waals surface area contributed by atoms with Gasteiger partial charge in [-0.05, 0) is 52.9 Å². The number of amides is 2. The van der Waals surface area contributed by atoms with Crippen LogP contribution in [-0.2, 0) is 22.4 Å². The Balaban J connectivity index is 1.36. The third-order valence-electron chi connectivity index (χ3n) is 6.76. The number of nitrogens with one attached hydrogen (secondary N) is 3. The highest BCUT2D eigenvalue weighted by atomic mass is 35.5. The Kier molecular flexibility index (Phi) is 7.95. The summed E-state index contributed by atoms with van der Waals surface area (Å²) in [5.41, 5.74) is 3.35. The third-order valence-corrected chi connectivity index (χ3v) is 7.27. The van der Waals surface area contributed by atoms with Crippen molar-refractivity contribution in [1.82, 2.24) is 40.5 Å². The van der Waals surface area contributed by atoms with E-state index in [4.69, 9.17) is 28.2 Å². The van der Waals surface area contributed by atoms with Crippen LogP contribution in [-0.4, -0.2) is 47.0 Å². The van der Waals surface area contributed by atoms with Crippen LogP contribution in [0.15, 0.2) is 67.0 Å². The van der Waals surface area contributed by atoms with Crippen molar-refractivity contribution in [2.75, 3.05) is 5.32 Å². The maximum absolute atomic E-state index is 14.6. The average Bonchev–Trinajstić information content (AvgIpc) is 3.66. The number of carbonyl (C=O) groups is 2. The number of hydrogen-bond acceptors (Lipinski definition) is 7. The van der Waals surface area contributed by atoms with E-state index in [9.17, 15) is 14.0 Å². The number of pyridine rings is 1. The summed E-state index contributed by atoms with van der Waals surface area (Å²) in [6.07, 6.45) is 4.65. The van der Waals surface area contributed by atoms with Crippen molar-refractivity contribution in [3.8, 4) is 16.9 Å². The Labute approximate surface area is 254 Å². The molecule has 216 valence electrons. The first-order valence-corrected chi connectivity index (χ1v) is 13.9. The van der Waals surface area contributed by atoms with Crippen molar-refractivity contribution in [2.24, 2.45) is 0 Å². The monoisotopic (exact) mass is 617 g/mol. The van der Waals surface area contributed by atoms with E-state index in [0.717, 1.165) is 0 Å². The van der Waals surface area contributed by atoms with Gasteiger partial charge >= 0.3 is 0 Å². The number of rotatable bonds is 4. The molecule has 0 radical (unpaired) electrons. The number of nitrogens with zero attached hydrogens (tertiary/aromatic N) is 6. The highest BCUT2D eigenvalue weighted by molar-refractivity contribution is 6.32. The number of hydrogen-bond donors (Lipinski definition) is 3. The van der Waals surface area contributed by atoms with Crippen molar-refractivity contribution >= 4 is 46.8 Å². The molecule has 1 aliphatic heterocycles. The van der Waals surface area contributed by atoms with Crippen LogP contribution in [0.25, 0.3) is 23.0 Å². The van der Waals surface area contributed by atoms with Gasteiger partial charge in [-0.2, -0.15) is 4.68 Å². The normalized spacial score (nSPS) is 15.0. The molecule has 14 heteroatoms. The van der Waals surface area contributed by atoms with E-state index < -0.39 is 17.8 Å². The predicted molar refractivity (Wildman–Crippen MR) is 158 cm³/mol. The molecule has 0 saturated heterocycles. The molecule has 6 rings (SSSR count). The molecule has 5 aromatic rings. The minimum Gasteiger partial charge on any atom is -0.342 e. The van der Waals surface area contributed by atoms with Crippen molar-refractivity contribution in [3.05, 3.63) is 106 Å². The molecule has 2 amide bonds. The van der Waals surface area contributed by atoms with E-state index in [0.29, 0.717) is 44.7 Å². The summed E-state index contributed by atoms with van der Waals surface area (Å²) in [5.74, 6) is -0.916. The number of para-hydroxylation sites is 1. The zero-order valence-corrected chi connectivity index (χ0v) is 23.8. The molecule has 43 heavy (non-hydrogen) atoms. The molecule has 0 fully saturated rings. The molecule has 0 aliphatic carbocycles. The van der Waals surface area contributed by atoms with Crippen LogP contribution in [0.1, 0.15) is 35.2 Å². The SMILES string of the molecule is O=C(C=Cc1cc(Cl)ccc1-n1cnnn1)NC1Cc2ccc(F)c(n2)CCC(=O)Nc2ccccc2-c2nc1[nH]c2Cl. The predicted octanol–water partition coefficient (Wildman–Crippen LogP) is 4.89. The second kappa shape index (κ2) is 12.1. The molecule has 11 nitrogen and oxygen atoms in total. The number of carbonyl (C=O) groups excluding carboxylic acids is 2. The molecule has 1 aliphatic rings. The first-order chi connectivity index (χ1) is 20.8. The summed E-state index contributed by atoms with van der Waals surface area (Å²) >= 11 is 12.8. The van der Waals surface area contributed by atoms with Gasteiger partial charge in [0.05, 0.1) is 23.1 Å². The minimum atomic E-state index is -0.725. The number of H-pyrrole nitrogens is 1. The van der Waals surface area contributed by atoms with Gasteiger partial charge in [0.1, 0.15) is 28.8 Å². The molecule has 0 spiro atoms. The Morgan fingerprint density at radius 1 is 1.09 bits per heavy atom. The van der Waals surface area contributed by atoms with E-state index >= 15 is 0 Å². The maximum Gasteiger partial charge on any atom is 0.244 e. The molecule has 3 aromatic heterocycles. The first-order valence-electron chi connectivity index (χ1n) is 13.1. The number of aryl methyl sites for hydroxylation is 1. The smallest absolute Gasteiger partial charge is 0.244 e. The van der Waals surface area contributed by atoms with Crippen molar-refractivity contribution < 1.29 is 14.0 Å². The van der Waals surface area contributed by atoms with Crippen LogP contribution in [0.5, 0.6) is 0 Å². The topological polar surface area (TPSA) is 143 Å². The number of tetrazole rings is 1. The van der Waals surface area contributed by atoms with Crippen molar-refractivity contribution in [1.29, 1.82) is 0 Å². The van der Waals surface area contributed by atoms with Gasteiger partial charge in [-0.25, -0.2) is 9.37 Å². The molecular formula is C29H22Cl2FN9O2. The molecule has 2 aromatic carbocycles. The highest BCUT2D eigenvalue weighted by Crippen LogP contribution is 2.34. The number of fused-ring (bicyclic) bond motifs is 6. The Hall–Kier alpha value is -4.94. The lowest BCUT2D eigenvalue weighted by atomic mass is 10.1. The largest absolute Gasteiger partial charge is 0.342 e. The Bertz CT molecular complexity index is 1860. The molecule has 3 N–H and O–H groups in total. The van der Waals surface area contributed by atoms with Crippen molar-refractivity contribution in [2.45, 2.75) is 25.3 Å². The number of aromatic nitrogens is 7. The molecular weight excluding hydrogens is 596 g/mol. The molecule has 1 unspecified atom stereocenters. The van der Waals surface area contributed by atoms with Crippen LogP contribution in [0.3, 0.4) is 0 Å². The third kappa shape index (κ3) is 6.30. The van der Waals surface area contributed by atoms with Gasteiger partial charge in [-0.15, -0.1) is 5.10 Å². The number of benzene rings is 2. The summed E-state index contributed by atoms with van der Waals surface area (Å²) < 4.78 is 16.1. The second-order valence-corrected chi connectivity index (χ2v) is 10.5. The van der Waals surface area contributed by atoms with Crippen molar-refractivity contribution in [3.63, 3.8) is 0 Å². The van der Waals surface area contributed by atoms with E-state index in [1.54, 1.807) is 48.5 Å². The van der Waals surface area contributed by atoms with Gasteiger partial charge in [0.15, 0.2) is 0 Å². The molecule has 4 bridgehead atoms. The summed E-state index contributed by atoms with van der Waals surface area (Å²) in [6.45, 7) is 0. The van der Waals surface area contributed by atoms with Gasteiger partial charge in [-0.3, -0.25) is 14.6 Å². The Morgan fingerprint density at radius 2 is 1.95 bits per heavy atom. The summed E-state index contributed by atoms with van der Waals surface area (Å²) in [7, 11) is 0. The Morgan fingerprint density at radius 3 is 2.79 bits per heavy atom. The zero-order valence-electron chi connectivity index (χ0n) is 22.3. The van der Waals surface area contributed by atoms with E-state index in [1.807, 2.05) is 0 Å². The van der Waals surface area contributed by atoms with Crippen LogP contribution < -0.4 is 10.6 Å². The van der Waals surface area contributed by atoms with Gasteiger partial charge in [0.25, 0.3) is 0 Å². The fraction of sp³-hybridized carbons (Fsp3) is 0.138. The van der Waals surface area contributed by atoms with Gasteiger partial charge in [-0.1, -0.05) is 41.4 Å². The number of anilines is 1. The minimum absolute atomic E-state index is 0.0162. The van der Waals surface area contributed by atoms with Crippen LogP contribution in [0.2, 0.25) is 10.2 Å². The molecule has 1 atom stereocenters. The van der Waals surface area contributed by atoms with E-state index in [-0.39, 0.29) is 36.0 Å². The van der Waals surface area contributed by atoms with Gasteiger partial charge in [0, 0.05) is 47.2 Å². The zero-order chi connectivity index (χ0) is 29.9. The van der Waals surface area contributed by atoms with E-state index in [2.05, 4.69) is 36.1 Å². The van der Waals surface area contributed by atoms with Gasteiger partial charge in [0.2, 0.25) is 11.8 Å². The first kappa shape index (κ1) is 28.2. The lowest BCUT2D eigenvalue weighted by Crippen LogP contribution is -2.29. The lowest BCUT2D eigenvalue weighted by Gasteiger charge is -2.17. The molecule has 0 saturated carbocycles. The molecule has 4 heterocycles. The van der Waals surface area contributed by atoms with Crippen LogP contribution in [0.4, 0.5) is 10.1 Å². The second-order valence-electron chi connectivity index (χ2n) is 9.67. The summed E-state index contributed by atoms with van der Waals surface area (Å²) in [4.78, 5) is 38.2. The van der Waals surface area contributed by atoms with E-state index in [1.165, 1.54) is 29.2 Å². The van der Waals surface area contributed by atoms with Gasteiger partial charge < -0.3 is 15.6 Å². The fourth-order valence-corrected chi connectivity index (χ4v) is 5.15. The quantitative estimate of drug-likeness (QED) is 0.244. The summed E-state index contributed by atoms with van der Waals surface area (Å²) in [6, 6.07) is 14.3.